The Kier molecular flexibility index (Phi) is 4.89. The van der Waals surface area contributed by atoms with Crippen LogP contribution in [0.15, 0.2) is 59.5 Å². The Morgan fingerprint density at radius 2 is 1.90 bits per heavy atom. The van der Waals surface area contributed by atoms with E-state index in [-0.39, 0.29) is 11.0 Å². The molecule has 2 aliphatic rings. The predicted octanol–water partition coefficient (Wildman–Crippen LogP) is 4.78. The SMILES string of the molecule is C=CCSc1nnc2n(CC=C)c3c(c(=O)n12)C1(CCCCC1)Cc1ccccc1-3. The molecular formula is C24H26N4OS. The van der Waals surface area contributed by atoms with Crippen molar-refractivity contribution in [2.75, 3.05) is 5.75 Å². The third-order valence-electron chi connectivity index (χ3n) is 6.57. The lowest BCUT2D eigenvalue weighted by atomic mass is 9.62. The number of thioether (sulfide) groups is 1. The summed E-state index contributed by atoms with van der Waals surface area (Å²) >= 11 is 1.50. The topological polar surface area (TPSA) is 52.2 Å². The molecule has 1 aromatic carbocycles. The van der Waals surface area contributed by atoms with Crippen molar-refractivity contribution < 1.29 is 0 Å². The van der Waals surface area contributed by atoms with E-state index in [4.69, 9.17) is 0 Å². The Morgan fingerprint density at radius 3 is 2.67 bits per heavy atom. The van der Waals surface area contributed by atoms with Crippen LogP contribution < -0.4 is 5.56 Å². The number of allylic oxidation sites excluding steroid dienone is 1. The Hall–Kier alpha value is -2.60. The summed E-state index contributed by atoms with van der Waals surface area (Å²) in [5.41, 5.74) is 4.39. The standard InChI is InChI=1S/C24H26N4OS/c1-3-14-27-20-18-11-7-6-10-17(18)16-24(12-8-5-9-13-24)19(20)21(29)28-22(27)25-26-23(28)30-15-4-2/h3-4,6-7,10-11H,1-2,5,8-9,12-16H2. The molecule has 30 heavy (non-hydrogen) atoms. The van der Waals surface area contributed by atoms with Gasteiger partial charge in [0.25, 0.3) is 5.56 Å². The van der Waals surface area contributed by atoms with E-state index in [2.05, 4.69) is 52.2 Å². The zero-order chi connectivity index (χ0) is 20.7. The molecule has 0 amide bonds. The van der Waals surface area contributed by atoms with Crippen molar-refractivity contribution in [3.8, 4) is 11.3 Å². The minimum atomic E-state index is -0.110. The molecule has 5 nitrogen and oxygen atoms in total. The number of rotatable bonds is 5. The summed E-state index contributed by atoms with van der Waals surface area (Å²) in [5.74, 6) is 1.28. The lowest BCUT2D eigenvalue weighted by molar-refractivity contribution is 0.283. The van der Waals surface area contributed by atoms with Crippen LogP contribution in [-0.2, 0) is 18.4 Å². The third kappa shape index (κ3) is 2.81. The van der Waals surface area contributed by atoms with Gasteiger partial charge < -0.3 is 4.57 Å². The van der Waals surface area contributed by atoms with E-state index >= 15 is 0 Å². The fourth-order valence-electron chi connectivity index (χ4n) is 5.36. The molecule has 2 heterocycles. The van der Waals surface area contributed by atoms with Crippen molar-refractivity contribution >= 4 is 17.5 Å². The van der Waals surface area contributed by atoms with E-state index in [0.29, 0.717) is 23.2 Å². The molecule has 6 heteroatoms. The zero-order valence-corrected chi connectivity index (χ0v) is 18.0. The fourth-order valence-corrected chi connectivity index (χ4v) is 6.02. The Balaban J connectivity index is 1.91. The van der Waals surface area contributed by atoms with Gasteiger partial charge in [0.05, 0.1) is 5.69 Å². The van der Waals surface area contributed by atoms with Gasteiger partial charge in [0, 0.05) is 28.8 Å². The second-order valence-corrected chi connectivity index (χ2v) is 9.31. The van der Waals surface area contributed by atoms with Gasteiger partial charge in [-0.1, -0.05) is 67.4 Å². The first-order valence-electron chi connectivity index (χ1n) is 10.7. The van der Waals surface area contributed by atoms with Gasteiger partial charge in [-0.25, -0.2) is 4.40 Å². The van der Waals surface area contributed by atoms with Crippen LogP contribution in [-0.4, -0.2) is 24.9 Å². The minimum absolute atomic E-state index is 0.0493. The van der Waals surface area contributed by atoms with E-state index in [1.54, 1.807) is 4.40 Å². The second-order valence-electron chi connectivity index (χ2n) is 8.32. The first-order chi connectivity index (χ1) is 14.7. The van der Waals surface area contributed by atoms with Crippen LogP contribution >= 0.6 is 11.8 Å². The molecule has 1 spiro atoms. The van der Waals surface area contributed by atoms with Crippen LogP contribution in [0.25, 0.3) is 17.0 Å². The van der Waals surface area contributed by atoms with Gasteiger partial charge in [-0.2, -0.15) is 0 Å². The molecule has 0 unspecified atom stereocenters. The highest BCUT2D eigenvalue weighted by atomic mass is 32.2. The highest BCUT2D eigenvalue weighted by Crippen LogP contribution is 2.49. The molecule has 0 aliphatic heterocycles. The van der Waals surface area contributed by atoms with Crippen molar-refractivity contribution in [2.45, 2.75) is 55.6 Å². The maximum Gasteiger partial charge on any atom is 0.265 e. The minimum Gasteiger partial charge on any atom is -0.305 e. The molecule has 1 saturated carbocycles. The lowest BCUT2D eigenvalue weighted by Crippen LogP contribution is -2.42. The Morgan fingerprint density at radius 1 is 1.10 bits per heavy atom. The molecule has 0 bridgehead atoms. The van der Waals surface area contributed by atoms with E-state index in [0.717, 1.165) is 36.1 Å². The van der Waals surface area contributed by atoms with Gasteiger partial charge in [-0.05, 0) is 24.8 Å². The molecule has 2 aromatic heterocycles. The third-order valence-corrected chi connectivity index (χ3v) is 7.49. The first-order valence-corrected chi connectivity index (χ1v) is 11.6. The molecular weight excluding hydrogens is 392 g/mol. The summed E-state index contributed by atoms with van der Waals surface area (Å²) in [5, 5.41) is 9.45. The molecule has 0 N–H and O–H groups in total. The van der Waals surface area contributed by atoms with Crippen LogP contribution in [0, 0.1) is 0 Å². The van der Waals surface area contributed by atoms with Crippen LogP contribution in [0.4, 0.5) is 0 Å². The van der Waals surface area contributed by atoms with Gasteiger partial charge >= 0.3 is 0 Å². The van der Waals surface area contributed by atoms with Crippen molar-refractivity contribution in [3.05, 3.63) is 71.1 Å². The van der Waals surface area contributed by atoms with Crippen molar-refractivity contribution in [1.82, 2.24) is 19.2 Å². The van der Waals surface area contributed by atoms with E-state index in [1.807, 2.05) is 12.2 Å². The van der Waals surface area contributed by atoms with Gasteiger partial charge in [-0.15, -0.1) is 23.4 Å². The van der Waals surface area contributed by atoms with Gasteiger partial charge in [0.15, 0.2) is 5.16 Å². The molecule has 154 valence electrons. The van der Waals surface area contributed by atoms with E-state index < -0.39 is 0 Å². The van der Waals surface area contributed by atoms with Crippen LogP contribution in [0.2, 0.25) is 0 Å². The number of fused-ring (bicyclic) bond motifs is 5. The van der Waals surface area contributed by atoms with E-state index in [1.165, 1.54) is 36.6 Å². The number of aromatic nitrogens is 4. The monoisotopic (exact) mass is 418 g/mol. The number of nitrogens with zero attached hydrogens (tertiary/aromatic N) is 4. The van der Waals surface area contributed by atoms with Crippen LogP contribution in [0.5, 0.6) is 0 Å². The average Bonchev–Trinajstić information content (AvgIpc) is 3.19. The smallest absolute Gasteiger partial charge is 0.265 e. The molecule has 0 atom stereocenters. The van der Waals surface area contributed by atoms with Gasteiger partial charge in [0.2, 0.25) is 5.78 Å². The normalized spacial score (nSPS) is 16.9. The molecule has 3 aromatic rings. The fraction of sp³-hybridized carbons (Fsp3) is 0.375. The summed E-state index contributed by atoms with van der Waals surface area (Å²) in [7, 11) is 0. The summed E-state index contributed by atoms with van der Waals surface area (Å²) in [6.45, 7) is 8.36. The number of benzene rings is 1. The molecule has 1 fully saturated rings. The van der Waals surface area contributed by atoms with E-state index in [9.17, 15) is 4.79 Å². The second kappa shape index (κ2) is 7.58. The van der Waals surface area contributed by atoms with Gasteiger partial charge in [-0.3, -0.25) is 4.79 Å². The summed E-state index contributed by atoms with van der Waals surface area (Å²) in [4.78, 5) is 14.1. The summed E-state index contributed by atoms with van der Waals surface area (Å²) < 4.78 is 3.86. The predicted molar refractivity (Wildman–Crippen MR) is 122 cm³/mol. The quantitative estimate of drug-likeness (QED) is 0.442. The highest BCUT2D eigenvalue weighted by Gasteiger charge is 2.44. The van der Waals surface area contributed by atoms with Crippen LogP contribution in [0.3, 0.4) is 0 Å². The number of hydrogen-bond acceptors (Lipinski definition) is 4. The number of hydrogen-bond donors (Lipinski definition) is 0. The highest BCUT2D eigenvalue weighted by molar-refractivity contribution is 7.99. The maximum absolute atomic E-state index is 14.1. The molecule has 2 aliphatic carbocycles. The molecule has 0 radical (unpaired) electrons. The average molecular weight is 419 g/mol. The van der Waals surface area contributed by atoms with Crippen molar-refractivity contribution in [3.63, 3.8) is 0 Å². The largest absolute Gasteiger partial charge is 0.305 e. The van der Waals surface area contributed by atoms with Gasteiger partial charge in [0.1, 0.15) is 0 Å². The van der Waals surface area contributed by atoms with Crippen LogP contribution in [0.1, 0.15) is 43.2 Å². The summed E-state index contributed by atoms with van der Waals surface area (Å²) in [6, 6.07) is 8.53. The lowest BCUT2D eigenvalue weighted by Gasteiger charge is -2.42. The van der Waals surface area contributed by atoms with Crippen molar-refractivity contribution in [1.29, 1.82) is 0 Å². The zero-order valence-electron chi connectivity index (χ0n) is 17.1. The Bertz CT molecular complexity index is 1200. The van der Waals surface area contributed by atoms with Crippen molar-refractivity contribution in [2.24, 2.45) is 0 Å². The molecule has 0 saturated heterocycles. The first kappa shape index (κ1) is 19.4. The maximum atomic E-state index is 14.1. The molecule has 5 rings (SSSR count). The Labute approximate surface area is 180 Å². The summed E-state index contributed by atoms with van der Waals surface area (Å²) in [6.07, 6.45) is 10.3.